The largest absolute Gasteiger partial charge is 0.390 e. The van der Waals surface area contributed by atoms with Crippen molar-refractivity contribution >= 4 is 15.5 Å². The molecule has 2 aromatic rings. The molecule has 2 aliphatic rings. The zero-order valence-electron chi connectivity index (χ0n) is 14.4. The lowest BCUT2D eigenvalue weighted by Gasteiger charge is -2.30. The highest BCUT2D eigenvalue weighted by atomic mass is 32.2. The highest BCUT2D eigenvalue weighted by Gasteiger charge is 2.41. The van der Waals surface area contributed by atoms with E-state index in [0.717, 1.165) is 0 Å². The number of benzene rings is 1. The van der Waals surface area contributed by atoms with E-state index in [4.69, 9.17) is 4.84 Å². The summed E-state index contributed by atoms with van der Waals surface area (Å²) in [5, 5.41) is 11.6. The first kappa shape index (κ1) is 18.0. The van der Waals surface area contributed by atoms with Crippen molar-refractivity contribution in [3.05, 3.63) is 47.5 Å². The summed E-state index contributed by atoms with van der Waals surface area (Å²) >= 11 is 0. The molecular formula is C17H18F2N4O3S. The summed E-state index contributed by atoms with van der Waals surface area (Å²) in [7, 11) is -3.23. The van der Waals surface area contributed by atoms with Crippen molar-refractivity contribution in [1.29, 1.82) is 0 Å². The standard InChI is InChI=1S/C17H18F2N4O3S/c18-15-9-12(16-10-13(26-21-16)11-23-6-5-20-22-23)1-2-14(15)17(19)3-7-27(24,25)8-4-17/h1-2,5-6,9,13H,3-4,7-8,10-11H2/t13-/m1/s1. The Morgan fingerprint density at radius 1 is 1.30 bits per heavy atom. The van der Waals surface area contributed by atoms with E-state index in [1.807, 2.05) is 0 Å². The topological polar surface area (TPSA) is 86.4 Å². The molecule has 0 amide bonds. The smallest absolute Gasteiger partial charge is 0.152 e. The van der Waals surface area contributed by atoms with Gasteiger partial charge in [-0.25, -0.2) is 21.9 Å². The van der Waals surface area contributed by atoms with Crippen LogP contribution in [0.1, 0.15) is 30.4 Å². The third kappa shape index (κ3) is 3.71. The Labute approximate surface area is 154 Å². The number of rotatable bonds is 4. The van der Waals surface area contributed by atoms with Crippen LogP contribution in [0.5, 0.6) is 0 Å². The van der Waals surface area contributed by atoms with E-state index in [-0.39, 0.29) is 36.0 Å². The summed E-state index contributed by atoms with van der Waals surface area (Å²) < 4.78 is 54.4. The van der Waals surface area contributed by atoms with Gasteiger partial charge in [-0.1, -0.05) is 22.5 Å². The van der Waals surface area contributed by atoms with Gasteiger partial charge in [-0.2, -0.15) is 0 Å². The molecule has 0 spiro atoms. The van der Waals surface area contributed by atoms with Gasteiger partial charge in [0.1, 0.15) is 11.5 Å². The molecule has 1 fully saturated rings. The van der Waals surface area contributed by atoms with Gasteiger partial charge in [0, 0.05) is 23.7 Å². The lowest BCUT2D eigenvalue weighted by atomic mass is 9.88. The number of hydrogen-bond acceptors (Lipinski definition) is 6. The predicted molar refractivity (Wildman–Crippen MR) is 93.1 cm³/mol. The highest BCUT2D eigenvalue weighted by molar-refractivity contribution is 7.91. The number of nitrogens with zero attached hydrogens (tertiary/aromatic N) is 4. The normalized spacial score (nSPS) is 23.6. The van der Waals surface area contributed by atoms with Crippen molar-refractivity contribution in [3.8, 4) is 0 Å². The van der Waals surface area contributed by atoms with E-state index < -0.39 is 21.3 Å². The number of hydrogen-bond donors (Lipinski definition) is 0. The van der Waals surface area contributed by atoms with Crippen LogP contribution >= 0.6 is 0 Å². The maximum absolute atomic E-state index is 15.1. The summed E-state index contributed by atoms with van der Waals surface area (Å²) in [5.41, 5.74) is -0.966. The van der Waals surface area contributed by atoms with E-state index in [0.29, 0.717) is 24.2 Å². The minimum Gasteiger partial charge on any atom is -0.390 e. The number of alkyl halides is 1. The Balaban J connectivity index is 1.48. The molecule has 0 unspecified atom stereocenters. The van der Waals surface area contributed by atoms with Crippen LogP contribution in [-0.4, -0.2) is 46.7 Å². The van der Waals surface area contributed by atoms with Gasteiger partial charge in [-0.3, -0.25) is 0 Å². The van der Waals surface area contributed by atoms with E-state index >= 15 is 4.39 Å². The molecule has 4 rings (SSSR count). The van der Waals surface area contributed by atoms with E-state index in [9.17, 15) is 12.8 Å². The number of aromatic nitrogens is 3. The summed E-state index contributed by atoms with van der Waals surface area (Å²) in [6, 6.07) is 4.22. The molecule has 10 heteroatoms. The summed E-state index contributed by atoms with van der Waals surface area (Å²) in [6.07, 6.45) is 3.05. The zero-order chi connectivity index (χ0) is 19.1. The fourth-order valence-corrected chi connectivity index (χ4v) is 4.90. The lowest BCUT2D eigenvalue weighted by Crippen LogP contribution is -2.34. The van der Waals surface area contributed by atoms with Crippen molar-refractivity contribution in [2.45, 2.75) is 37.6 Å². The molecule has 0 bridgehead atoms. The highest BCUT2D eigenvalue weighted by Crippen LogP contribution is 2.39. The van der Waals surface area contributed by atoms with Crippen LogP contribution in [0.4, 0.5) is 8.78 Å². The first-order chi connectivity index (χ1) is 12.8. The van der Waals surface area contributed by atoms with Gasteiger partial charge in [0.25, 0.3) is 0 Å². The Kier molecular flexibility index (Phi) is 4.45. The minimum atomic E-state index is -3.23. The molecule has 0 saturated carbocycles. The van der Waals surface area contributed by atoms with Gasteiger partial charge in [-0.05, 0) is 18.9 Å². The van der Waals surface area contributed by atoms with Crippen LogP contribution in [0, 0.1) is 5.82 Å². The van der Waals surface area contributed by atoms with E-state index in [1.54, 1.807) is 23.1 Å². The SMILES string of the molecule is O=S1(=O)CCC(F)(c2ccc(C3=NO[C@@H](Cn4ccnn4)C3)cc2F)CC1. The molecular weight excluding hydrogens is 378 g/mol. The Morgan fingerprint density at radius 3 is 2.74 bits per heavy atom. The second-order valence-electron chi connectivity index (χ2n) is 6.91. The molecule has 0 radical (unpaired) electrons. The lowest BCUT2D eigenvalue weighted by molar-refractivity contribution is 0.0693. The number of halogens is 2. The van der Waals surface area contributed by atoms with Crippen LogP contribution in [-0.2, 0) is 26.9 Å². The van der Waals surface area contributed by atoms with Gasteiger partial charge >= 0.3 is 0 Å². The maximum atomic E-state index is 15.1. The Morgan fingerprint density at radius 2 is 2.07 bits per heavy atom. The van der Waals surface area contributed by atoms with Crippen molar-refractivity contribution < 1.29 is 22.0 Å². The molecule has 0 aliphatic carbocycles. The molecule has 0 N–H and O–H groups in total. The van der Waals surface area contributed by atoms with Crippen molar-refractivity contribution in [2.75, 3.05) is 11.5 Å². The molecule has 7 nitrogen and oxygen atoms in total. The maximum Gasteiger partial charge on any atom is 0.152 e. The summed E-state index contributed by atoms with van der Waals surface area (Å²) in [4.78, 5) is 5.36. The Hall–Kier alpha value is -2.36. The zero-order valence-corrected chi connectivity index (χ0v) is 15.2. The van der Waals surface area contributed by atoms with Crippen LogP contribution in [0.3, 0.4) is 0 Å². The second kappa shape index (κ2) is 6.66. The fraction of sp³-hybridized carbons (Fsp3) is 0.471. The first-order valence-corrected chi connectivity index (χ1v) is 10.4. The summed E-state index contributed by atoms with van der Waals surface area (Å²) in [6.45, 7) is 0.468. The average molecular weight is 396 g/mol. The van der Waals surface area contributed by atoms with Crippen molar-refractivity contribution in [1.82, 2.24) is 15.0 Å². The van der Waals surface area contributed by atoms with Crippen LogP contribution in [0.15, 0.2) is 35.7 Å². The number of sulfone groups is 1. The molecule has 1 aromatic carbocycles. The van der Waals surface area contributed by atoms with Crippen LogP contribution in [0.2, 0.25) is 0 Å². The van der Waals surface area contributed by atoms with Gasteiger partial charge in [0.15, 0.2) is 15.9 Å². The molecule has 144 valence electrons. The Bertz CT molecular complexity index is 962. The van der Waals surface area contributed by atoms with Crippen molar-refractivity contribution in [3.63, 3.8) is 0 Å². The third-order valence-electron chi connectivity index (χ3n) is 5.00. The van der Waals surface area contributed by atoms with Gasteiger partial charge in [0.2, 0.25) is 0 Å². The molecule has 1 saturated heterocycles. The fourth-order valence-electron chi connectivity index (χ4n) is 3.42. The minimum absolute atomic E-state index is 0.0974. The molecule has 27 heavy (non-hydrogen) atoms. The predicted octanol–water partition coefficient (Wildman–Crippen LogP) is 1.98. The molecule has 2 aliphatic heterocycles. The third-order valence-corrected chi connectivity index (χ3v) is 6.65. The average Bonchev–Trinajstić information content (AvgIpc) is 3.30. The van der Waals surface area contributed by atoms with E-state index in [2.05, 4.69) is 15.5 Å². The van der Waals surface area contributed by atoms with Crippen LogP contribution in [0.25, 0.3) is 0 Å². The first-order valence-electron chi connectivity index (χ1n) is 8.61. The summed E-state index contributed by atoms with van der Waals surface area (Å²) in [5.74, 6) is -1.23. The van der Waals surface area contributed by atoms with Gasteiger partial charge in [0.05, 0.1) is 30.0 Å². The second-order valence-corrected chi connectivity index (χ2v) is 9.21. The molecule has 1 atom stereocenters. The van der Waals surface area contributed by atoms with Gasteiger partial charge < -0.3 is 4.84 Å². The van der Waals surface area contributed by atoms with Gasteiger partial charge in [-0.15, -0.1) is 5.10 Å². The van der Waals surface area contributed by atoms with Crippen molar-refractivity contribution in [2.24, 2.45) is 5.16 Å². The van der Waals surface area contributed by atoms with E-state index in [1.165, 1.54) is 12.1 Å². The monoisotopic (exact) mass is 396 g/mol. The number of oxime groups is 1. The molecule has 1 aromatic heterocycles. The molecule has 3 heterocycles. The van der Waals surface area contributed by atoms with Crippen LogP contribution < -0.4 is 0 Å². The quantitative estimate of drug-likeness (QED) is 0.789.